The number of anilines is 2. The van der Waals surface area contributed by atoms with Crippen LogP contribution in [0.3, 0.4) is 0 Å². The predicted molar refractivity (Wildman–Crippen MR) is 70.0 cm³/mol. The number of nitrogens with zero attached hydrogens (tertiary/aromatic N) is 1. The molecule has 4 N–H and O–H groups in total. The molecule has 0 aliphatic carbocycles. The van der Waals surface area contributed by atoms with Crippen molar-refractivity contribution in [3.8, 4) is 0 Å². The van der Waals surface area contributed by atoms with Gasteiger partial charge in [0.1, 0.15) is 4.90 Å². The molecule has 2 rings (SSSR count). The number of halogens is 1. The number of hydrogen-bond donors (Lipinski definition) is 3. The normalized spacial score (nSPS) is 11.4. The van der Waals surface area contributed by atoms with E-state index in [0.717, 1.165) is 5.69 Å². The highest BCUT2D eigenvalue weighted by Crippen LogP contribution is 2.24. The smallest absolute Gasteiger partial charge is 0.265 e. The molecule has 0 unspecified atom stereocenters. The predicted octanol–water partition coefficient (Wildman–Crippen LogP) is 1.75. The summed E-state index contributed by atoms with van der Waals surface area (Å²) in [5, 5.41) is 6.72. The van der Waals surface area contributed by atoms with E-state index < -0.39 is 10.0 Å². The Hall–Kier alpha value is -1.73. The molecule has 0 amide bonds. The lowest BCUT2D eigenvalue weighted by Gasteiger charge is -2.08. The van der Waals surface area contributed by atoms with Crippen LogP contribution in [0.5, 0.6) is 0 Å². The van der Waals surface area contributed by atoms with Crippen molar-refractivity contribution in [1.29, 1.82) is 0 Å². The summed E-state index contributed by atoms with van der Waals surface area (Å²) < 4.78 is 26.5. The van der Waals surface area contributed by atoms with Gasteiger partial charge < -0.3 is 5.73 Å². The minimum Gasteiger partial charge on any atom is -0.398 e. The molecule has 8 heteroatoms. The van der Waals surface area contributed by atoms with Crippen LogP contribution in [-0.2, 0) is 10.0 Å². The number of aryl methyl sites for hydroxylation is 1. The van der Waals surface area contributed by atoms with E-state index >= 15 is 0 Å². The fourth-order valence-corrected chi connectivity index (χ4v) is 2.79. The largest absolute Gasteiger partial charge is 0.398 e. The summed E-state index contributed by atoms with van der Waals surface area (Å²) in [5.74, 6) is 0.201. The molecule has 0 bridgehead atoms. The zero-order chi connectivity index (χ0) is 13.3. The second-order valence-corrected chi connectivity index (χ2v) is 5.81. The van der Waals surface area contributed by atoms with Crippen molar-refractivity contribution in [3.05, 3.63) is 35.0 Å². The van der Waals surface area contributed by atoms with E-state index in [9.17, 15) is 8.42 Å². The number of aromatic nitrogens is 2. The van der Waals surface area contributed by atoms with Crippen LogP contribution >= 0.6 is 11.6 Å². The molecule has 6 nitrogen and oxygen atoms in total. The van der Waals surface area contributed by atoms with E-state index in [4.69, 9.17) is 17.3 Å². The zero-order valence-electron chi connectivity index (χ0n) is 9.44. The third kappa shape index (κ3) is 2.57. The molecule has 1 heterocycles. The Morgan fingerprint density at radius 2 is 2.11 bits per heavy atom. The summed E-state index contributed by atoms with van der Waals surface area (Å²) in [6.45, 7) is 1.76. The molecule has 2 aromatic rings. The van der Waals surface area contributed by atoms with Crippen LogP contribution in [0.4, 0.5) is 11.5 Å². The number of H-pyrrole nitrogens is 1. The molecule has 1 aromatic heterocycles. The van der Waals surface area contributed by atoms with Gasteiger partial charge in [-0.1, -0.05) is 11.6 Å². The molecule has 1 aromatic carbocycles. The van der Waals surface area contributed by atoms with E-state index in [1.54, 1.807) is 13.0 Å². The van der Waals surface area contributed by atoms with Gasteiger partial charge in [0.15, 0.2) is 5.82 Å². The first kappa shape index (κ1) is 12.7. The van der Waals surface area contributed by atoms with Crippen molar-refractivity contribution in [2.75, 3.05) is 10.5 Å². The monoisotopic (exact) mass is 286 g/mol. The summed E-state index contributed by atoms with van der Waals surface area (Å²) in [6.07, 6.45) is 0. The molecule has 96 valence electrons. The molecular weight excluding hydrogens is 276 g/mol. The second kappa shape index (κ2) is 4.51. The molecule has 0 aliphatic heterocycles. The SMILES string of the molecule is Cc1cc(NS(=O)(=O)c2cc(Cl)ccc2N)n[nH]1. The molecule has 0 aliphatic rings. The Morgan fingerprint density at radius 3 is 2.72 bits per heavy atom. The van der Waals surface area contributed by atoms with Crippen LogP contribution in [0, 0.1) is 6.92 Å². The fraction of sp³-hybridized carbons (Fsp3) is 0.100. The summed E-state index contributed by atoms with van der Waals surface area (Å²) in [5.41, 5.74) is 6.49. The van der Waals surface area contributed by atoms with Gasteiger partial charge in [0.25, 0.3) is 10.0 Å². The minimum absolute atomic E-state index is 0.0735. The number of nitrogens with two attached hydrogens (primary N) is 1. The van der Waals surface area contributed by atoms with Crippen molar-refractivity contribution in [1.82, 2.24) is 10.2 Å². The Morgan fingerprint density at radius 1 is 1.39 bits per heavy atom. The Balaban J connectivity index is 2.39. The lowest BCUT2D eigenvalue weighted by Crippen LogP contribution is -2.15. The van der Waals surface area contributed by atoms with Gasteiger partial charge >= 0.3 is 0 Å². The number of nitrogen functional groups attached to an aromatic ring is 1. The lowest BCUT2D eigenvalue weighted by molar-refractivity contribution is 0.601. The second-order valence-electron chi connectivity index (χ2n) is 3.72. The van der Waals surface area contributed by atoms with Crippen LogP contribution < -0.4 is 10.5 Å². The molecule has 0 fully saturated rings. The number of hydrogen-bond acceptors (Lipinski definition) is 4. The lowest BCUT2D eigenvalue weighted by atomic mass is 10.3. The van der Waals surface area contributed by atoms with Gasteiger partial charge in [-0.2, -0.15) is 5.10 Å². The van der Waals surface area contributed by atoms with Gasteiger partial charge in [0.05, 0.1) is 5.69 Å². The van der Waals surface area contributed by atoms with Crippen molar-refractivity contribution < 1.29 is 8.42 Å². The number of aromatic amines is 1. The topological polar surface area (TPSA) is 101 Å². The summed E-state index contributed by atoms with van der Waals surface area (Å²) in [4.78, 5) is -0.0735. The van der Waals surface area contributed by atoms with E-state index in [0.29, 0.717) is 5.02 Å². The highest BCUT2D eigenvalue weighted by atomic mass is 35.5. The van der Waals surface area contributed by atoms with Crippen LogP contribution in [0.1, 0.15) is 5.69 Å². The van der Waals surface area contributed by atoms with E-state index in [-0.39, 0.29) is 16.4 Å². The average Bonchev–Trinajstić information content (AvgIpc) is 2.66. The van der Waals surface area contributed by atoms with Crippen LogP contribution in [0.2, 0.25) is 5.02 Å². The van der Waals surface area contributed by atoms with Gasteiger partial charge in [0, 0.05) is 16.8 Å². The van der Waals surface area contributed by atoms with Crippen LogP contribution in [0.15, 0.2) is 29.2 Å². The molecule has 0 saturated heterocycles. The molecule has 0 atom stereocenters. The summed E-state index contributed by atoms with van der Waals surface area (Å²) in [6, 6.07) is 5.82. The third-order valence-electron chi connectivity index (χ3n) is 2.21. The van der Waals surface area contributed by atoms with Gasteiger partial charge in [-0.05, 0) is 25.1 Å². The fourth-order valence-electron chi connectivity index (χ4n) is 1.40. The highest BCUT2D eigenvalue weighted by molar-refractivity contribution is 7.92. The zero-order valence-corrected chi connectivity index (χ0v) is 11.0. The quantitative estimate of drug-likeness (QED) is 0.748. The maximum atomic E-state index is 12.1. The van der Waals surface area contributed by atoms with E-state index in [1.807, 2.05) is 0 Å². The van der Waals surface area contributed by atoms with Crippen LogP contribution in [-0.4, -0.2) is 18.6 Å². The molecular formula is C10H11ClN4O2S. The first-order valence-corrected chi connectivity index (χ1v) is 6.84. The van der Waals surface area contributed by atoms with E-state index in [1.165, 1.54) is 18.2 Å². The van der Waals surface area contributed by atoms with E-state index in [2.05, 4.69) is 14.9 Å². The Kier molecular flexibility index (Phi) is 3.18. The standard InChI is InChI=1S/C10H11ClN4O2S/c1-6-4-10(14-13-6)15-18(16,17)9-5-7(11)2-3-8(9)12/h2-5H,12H2,1H3,(H2,13,14,15). The Bertz CT molecular complexity index is 681. The van der Waals surface area contributed by atoms with Crippen molar-refractivity contribution in [2.24, 2.45) is 0 Å². The molecule has 0 saturated carbocycles. The van der Waals surface area contributed by atoms with Crippen LogP contribution in [0.25, 0.3) is 0 Å². The first-order chi connectivity index (χ1) is 8.38. The first-order valence-electron chi connectivity index (χ1n) is 4.98. The summed E-state index contributed by atoms with van der Waals surface area (Å²) in [7, 11) is -3.80. The van der Waals surface area contributed by atoms with Gasteiger partial charge in [0.2, 0.25) is 0 Å². The average molecular weight is 287 g/mol. The molecule has 18 heavy (non-hydrogen) atoms. The van der Waals surface area contributed by atoms with Crippen molar-refractivity contribution >= 4 is 33.1 Å². The maximum absolute atomic E-state index is 12.1. The third-order valence-corrected chi connectivity index (χ3v) is 3.86. The number of benzene rings is 1. The minimum atomic E-state index is -3.80. The number of sulfonamides is 1. The number of nitrogens with one attached hydrogen (secondary N) is 2. The molecule has 0 radical (unpaired) electrons. The van der Waals surface area contributed by atoms with Crippen molar-refractivity contribution in [3.63, 3.8) is 0 Å². The van der Waals surface area contributed by atoms with Gasteiger partial charge in [-0.15, -0.1) is 0 Å². The van der Waals surface area contributed by atoms with Crippen molar-refractivity contribution in [2.45, 2.75) is 11.8 Å². The Labute approximate surface area is 109 Å². The maximum Gasteiger partial charge on any atom is 0.265 e. The van der Waals surface area contributed by atoms with Gasteiger partial charge in [-0.25, -0.2) is 8.42 Å². The highest BCUT2D eigenvalue weighted by Gasteiger charge is 2.19. The van der Waals surface area contributed by atoms with Gasteiger partial charge in [-0.3, -0.25) is 9.82 Å². The summed E-state index contributed by atoms with van der Waals surface area (Å²) >= 11 is 5.76. The molecule has 0 spiro atoms. The number of rotatable bonds is 3.